The Morgan fingerprint density at radius 1 is 1.24 bits per heavy atom. The van der Waals surface area contributed by atoms with Crippen molar-refractivity contribution >= 4 is 11.6 Å². The molecule has 0 fully saturated rings. The molecule has 2 aromatic rings. The molecule has 1 aliphatic heterocycles. The molecule has 3 rings (SSSR count). The van der Waals surface area contributed by atoms with Crippen LogP contribution in [0, 0.1) is 6.92 Å². The van der Waals surface area contributed by atoms with Crippen LogP contribution in [0.2, 0.25) is 5.02 Å². The van der Waals surface area contributed by atoms with Crippen molar-refractivity contribution in [3.05, 3.63) is 58.1 Å². The van der Waals surface area contributed by atoms with Crippen LogP contribution in [0.1, 0.15) is 29.7 Å². The summed E-state index contributed by atoms with van der Waals surface area (Å²) < 4.78 is 10.7. The molecule has 0 aliphatic carbocycles. The van der Waals surface area contributed by atoms with Gasteiger partial charge in [-0.15, -0.1) is 0 Å². The Hall–Kier alpha value is -1.71. The minimum absolute atomic E-state index is 0.242. The quantitative estimate of drug-likeness (QED) is 0.917. The Bertz CT molecular complexity index is 657. The molecule has 0 aromatic heterocycles. The Morgan fingerprint density at radius 2 is 2.10 bits per heavy atom. The number of rotatable bonds is 4. The molecule has 110 valence electrons. The highest BCUT2D eigenvalue weighted by Crippen LogP contribution is 2.39. The molecule has 0 spiro atoms. The Labute approximate surface area is 129 Å². The maximum absolute atomic E-state index is 6.20. The van der Waals surface area contributed by atoms with E-state index in [1.165, 1.54) is 11.1 Å². The third kappa shape index (κ3) is 3.14. The van der Waals surface area contributed by atoms with Crippen molar-refractivity contribution in [2.45, 2.75) is 26.4 Å². The Kier molecular flexibility index (Phi) is 4.04. The number of ether oxygens (including phenoxy) is 2. The van der Waals surface area contributed by atoms with Gasteiger partial charge in [-0.05, 0) is 37.1 Å². The fraction of sp³-hybridized carbons (Fsp3) is 0.294. The van der Waals surface area contributed by atoms with E-state index in [1.807, 2.05) is 12.1 Å². The summed E-state index contributed by atoms with van der Waals surface area (Å²) in [4.78, 5) is 0. The predicted octanol–water partition coefficient (Wildman–Crippen LogP) is 4.23. The van der Waals surface area contributed by atoms with E-state index in [9.17, 15) is 0 Å². The zero-order valence-electron chi connectivity index (χ0n) is 12.2. The van der Waals surface area contributed by atoms with Crippen LogP contribution in [0.25, 0.3) is 0 Å². The lowest BCUT2D eigenvalue weighted by molar-refractivity contribution is 0.174. The third-order valence-corrected chi connectivity index (χ3v) is 3.92. The first-order chi connectivity index (χ1) is 10.1. The fourth-order valence-corrected chi connectivity index (χ4v) is 2.74. The number of fused-ring (bicyclic) bond motifs is 1. The SMILES string of the molecule is Cc1cccc([C@H](C)NCc2cc(Cl)c3c(c2)OCO3)c1. The molecule has 0 unspecified atom stereocenters. The van der Waals surface area contributed by atoms with Crippen molar-refractivity contribution in [1.82, 2.24) is 5.32 Å². The van der Waals surface area contributed by atoms with E-state index in [4.69, 9.17) is 21.1 Å². The van der Waals surface area contributed by atoms with E-state index < -0.39 is 0 Å². The van der Waals surface area contributed by atoms with Crippen molar-refractivity contribution in [2.24, 2.45) is 0 Å². The van der Waals surface area contributed by atoms with Gasteiger partial charge in [0, 0.05) is 12.6 Å². The summed E-state index contributed by atoms with van der Waals surface area (Å²) in [5, 5.41) is 4.11. The maximum Gasteiger partial charge on any atom is 0.231 e. The molecule has 0 saturated heterocycles. The van der Waals surface area contributed by atoms with Gasteiger partial charge in [0.2, 0.25) is 6.79 Å². The van der Waals surface area contributed by atoms with Crippen LogP contribution in [-0.4, -0.2) is 6.79 Å². The number of nitrogens with one attached hydrogen (secondary N) is 1. The molecule has 0 saturated carbocycles. The lowest BCUT2D eigenvalue weighted by Gasteiger charge is -2.15. The van der Waals surface area contributed by atoms with Gasteiger partial charge in [0.25, 0.3) is 0 Å². The van der Waals surface area contributed by atoms with Gasteiger partial charge < -0.3 is 14.8 Å². The zero-order valence-corrected chi connectivity index (χ0v) is 12.9. The largest absolute Gasteiger partial charge is 0.454 e. The molecular weight excluding hydrogens is 286 g/mol. The highest BCUT2D eigenvalue weighted by Gasteiger charge is 2.18. The van der Waals surface area contributed by atoms with Crippen molar-refractivity contribution < 1.29 is 9.47 Å². The first-order valence-electron chi connectivity index (χ1n) is 7.01. The number of aryl methyl sites for hydroxylation is 1. The Morgan fingerprint density at radius 3 is 2.90 bits per heavy atom. The van der Waals surface area contributed by atoms with Gasteiger partial charge >= 0.3 is 0 Å². The van der Waals surface area contributed by atoms with E-state index in [0.29, 0.717) is 10.8 Å². The number of halogens is 1. The average molecular weight is 304 g/mol. The molecule has 1 aliphatic rings. The molecule has 3 nitrogen and oxygen atoms in total. The summed E-state index contributed by atoms with van der Waals surface area (Å²) in [5.74, 6) is 1.37. The van der Waals surface area contributed by atoms with Crippen LogP contribution in [-0.2, 0) is 6.54 Å². The van der Waals surface area contributed by atoms with Crippen molar-refractivity contribution in [1.29, 1.82) is 0 Å². The second-order valence-corrected chi connectivity index (χ2v) is 5.74. The molecule has 1 heterocycles. The molecule has 1 N–H and O–H groups in total. The third-order valence-electron chi connectivity index (χ3n) is 3.64. The fourth-order valence-electron chi connectivity index (χ4n) is 2.45. The normalized spacial score (nSPS) is 14.2. The molecule has 2 aromatic carbocycles. The van der Waals surface area contributed by atoms with Crippen LogP contribution in [0.15, 0.2) is 36.4 Å². The molecule has 4 heteroatoms. The predicted molar refractivity (Wildman–Crippen MR) is 84.0 cm³/mol. The summed E-state index contributed by atoms with van der Waals surface area (Å²) >= 11 is 6.20. The summed E-state index contributed by atoms with van der Waals surface area (Å²) in [5.41, 5.74) is 3.64. The van der Waals surface area contributed by atoms with Crippen LogP contribution >= 0.6 is 11.6 Å². The minimum Gasteiger partial charge on any atom is -0.454 e. The van der Waals surface area contributed by atoms with Gasteiger partial charge in [-0.25, -0.2) is 0 Å². The van der Waals surface area contributed by atoms with Gasteiger partial charge in [-0.3, -0.25) is 0 Å². The average Bonchev–Trinajstić information content (AvgIpc) is 2.93. The molecule has 21 heavy (non-hydrogen) atoms. The highest BCUT2D eigenvalue weighted by atomic mass is 35.5. The lowest BCUT2D eigenvalue weighted by atomic mass is 10.1. The minimum atomic E-state index is 0.242. The van der Waals surface area contributed by atoms with Crippen molar-refractivity contribution in [3.63, 3.8) is 0 Å². The summed E-state index contributed by atoms with van der Waals surface area (Å²) in [6.45, 7) is 5.23. The summed E-state index contributed by atoms with van der Waals surface area (Å²) in [6, 6.07) is 12.7. The maximum atomic E-state index is 6.20. The first kappa shape index (κ1) is 14.2. The van der Waals surface area contributed by atoms with Crippen molar-refractivity contribution in [2.75, 3.05) is 6.79 Å². The van der Waals surface area contributed by atoms with Gasteiger partial charge in [-0.1, -0.05) is 41.4 Å². The van der Waals surface area contributed by atoms with Gasteiger partial charge in [-0.2, -0.15) is 0 Å². The molecular formula is C17H18ClNO2. The topological polar surface area (TPSA) is 30.5 Å². The second-order valence-electron chi connectivity index (χ2n) is 5.33. The molecule has 0 bridgehead atoms. The monoisotopic (exact) mass is 303 g/mol. The van der Waals surface area contributed by atoms with Crippen LogP contribution in [0.3, 0.4) is 0 Å². The van der Waals surface area contributed by atoms with E-state index in [-0.39, 0.29) is 12.8 Å². The van der Waals surface area contributed by atoms with Crippen LogP contribution in [0.4, 0.5) is 0 Å². The number of benzene rings is 2. The molecule has 0 radical (unpaired) electrons. The van der Waals surface area contributed by atoms with E-state index >= 15 is 0 Å². The van der Waals surface area contributed by atoms with Gasteiger partial charge in [0.1, 0.15) is 0 Å². The summed E-state index contributed by atoms with van der Waals surface area (Å²) in [7, 11) is 0. The zero-order chi connectivity index (χ0) is 14.8. The summed E-state index contributed by atoms with van der Waals surface area (Å²) in [6.07, 6.45) is 0. The van der Waals surface area contributed by atoms with E-state index in [1.54, 1.807) is 0 Å². The van der Waals surface area contributed by atoms with Crippen LogP contribution < -0.4 is 14.8 Å². The number of hydrogen-bond acceptors (Lipinski definition) is 3. The second kappa shape index (κ2) is 5.96. The molecule has 1 atom stereocenters. The van der Waals surface area contributed by atoms with Crippen LogP contribution in [0.5, 0.6) is 11.5 Å². The smallest absolute Gasteiger partial charge is 0.231 e. The van der Waals surface area contributed by atoms with Crippen molar-refractivity contribution in [3.8, 4) is 11.5 Å². The standard InChI is InChI=1S/C17H18ClNO2/c1-11-4-3-5-14(6-11)12(2)19-9-13-7-15(18)17-16(8-13)20-10-21-17/h3-8,12,19H,9-10H2,1-2H3/t12-/m0/s1. The first-order valence-corrected chi connectivity index (χ1v) is 7.39. The molecule has 0 amide bonds. The number of hydrogen-bond donors (Lipinski definition) is 1. The van der Waals surface area contributed by atoms with E-state index in [0.717, 1.165) is 17.9 Å². The van der Waals surface area contributed by atoms with E-state index in [2.05, 4.69) is 43.4 Å². The highest BCUT2D eigenvalue weighted by molar-refractivity contribution is 6.32. The van der Waals surface area contributed by atoms with Gasteiger partial charge in [0.05, 0.1) is 5.02 Å². The Balaban J connectivity index is 1.69. The lowest BCUT2D eigenvalue weighted by Crippen LogP contribution is -2.18. The van der Waals surface area contributed by atoms with Gasteiger partial charge in [0.15, 0.2) is 11.5 Å².